The lowest BCUT2D eigenvalue weighted by atomic mass is 10.1. The van der Waals surface area contributed by atoms with Gasteiger partial charge in [-0.25, -0.2) is 9.18 Å². The molecule has 0 amide bonds. The van der Waals surface area contributed by atoms with E-state index in [2.05, 4.69) is 0 Å². The number of rotatable bonds is 4. The summed E-state index contributed by atoms with van der Waals surface area (Å²) in [5.74, 6) is -0.316. The molecule has 0 aliphatic rings. The first-order chi connectivity index (χ1) is 11.7. The Hall–Kier alpha value is -3.20. The van der Waals surface area contributed by atoms with E-state index in [1.54, 1.807) is 30.3 Å². The fourth-order valence-corrected chi connectivity index (χ4v) is 2.23. The fraction of sp³-hybridized carbons (Fsp3) is 0. The molecule has 0 atom stereocenters. The van der Waals surface area contributed by atoms with Crippen LogP contribution in [0.25, 0.3) is 17.2 Å². The summed E-state index contributed by atoms with van der Waals surface area (Å²) in [6.07, 6.45) is 2.90. The van der Waals surface area contributed by atoms with Crippen LogP contribution in [-0.2, 0) is 4.79 Å². The van der Waals surface area contributed by atoms with Gasteiger partial charge in [0.25, 0.3) is 0 Å². The van der Waals surface area contributed by atoms with E-state index >= 15 is 0 Å². The number of esters is 1. The molecule has 0 saturated heterocycles. The molecule has 0 saturated carbocycles. The molecule has 3 rings (SSSR count). The highest BCUT2D eigenvalue weighted by atomic mass is 19.1. The summed E-state index contributed by atoms with van der Waals surface area (Å²) in [5.41, 5.74) is 2.89. The summed E-state index contributed by atoms with van der Waals surface area (Å²) in [6.45, 7) is 0. The maximum Gasteiger partial charge on any atom is 0.336 e. The SMILES string of the molecule is O=C(/C=C/c1ccc(F)cc1)Oc1ccc(-c2ccccc2)cc1. The van der Waals surface area contributed by atoms with Gasteiger partial charge in [0.15, 0.2) is 0 Å². The molecular weight excluding hydrogens is 303 g/mol. The second-order valence-corrected chi connectivity index (χ2v) is 5.20. The average Bonchev–Trinajstić information content (AvgIpc) is 2.63. The van der Waals surface area contributed by atoms with E-state index in [1.165, 1.54) is 18.2 Å². The van der Waals surface area contributed by atoms with Crippen LogP contribution in [0, 0.1) is 5.82 Å². The largest absolute Gasteiger partial charge is 0.423 e. The van der Waals surface area contributed by atoms with Crippen LogP contribution in [0.1, 0.15) is 5.56 Å². The lowest BCUT2D eigenvalue weighted by Gasteiger charge is -2.04. The lowest BCUT2D eigenvalue weighted by molar-refractivity contribution is -0.128. The molecule has 24 heavy (non-hydrogen) atoms. The molecule has 0 aromatic heterocycles. The van der Waals surface area contributed by atoms with Crippen LogP contribution in [0.3, 0.4) is 0 Å². The van der Waals surface area contributed by atoms with Gasteiger partial charge in [-0.15, -0.1) is 0 Å². The van der Waals surface area contributed by atoms with E-state index in [4.69, 9.17) is 4.74 Å². The Morgan fingerprint density at radius 2 is 1.42 bits per heavy atom. The molecule has 0 heterocycles. The minimum absolute atomic E-state index is 0.312. The van der Waals surface area contributed by atoms with Crippen LogP contribution in [-0.4, -0.2) is 5.97 Å². The molecule has 3 heteroatoms. The highest BCUT2D eigenvalue weighted by Crippen LogP contribution is 2.22. The van der Waals surface area contributed by atoms with Gasteiger partial charge in [0.2, 0.25) is 0 Å². The van der Waals surface area contributed by atoms with Crippen molar-refractivity contribution in [2.45, 2.75) is 0 Å². The van der Waals surface area contributed by atoms with Crippen molar-refractivity contribution in [1.29, 1.82) is 0 Å². The summed E-state index contributed by atoms with van der Waals surface area (Å²) in [6, 6.07) is 23.1. The third-order valence-electron chi connectivity index (χ3n) is 3.46. The van der Waals surface area contributed by atoms with Crippen LogP contribution >= 0.6 is 0 Å². The van der Waals surface area contributed by atoms with Crippen molar-refractivity contribution in [3.05, 3.63) is 96.3 Å². The molecule has 0 radical (unpaired) electrons. The third kappa shape index (κ3) is 4.17. The van der Waals surface area contributed by atoms with Crippen LogP contribution < -0.4 is 4.74 Å². The van der Waals surface area contributed by atoms with E-state index in [-0.39, 0.29) is 5.82 Å². The number of halogens is 1. The Labute approximate surface area is 139 Å². The normalized spacial score (nSPS) is 10.7. The second-order valence-electron chi connectivity index (χ2n) is 5.20. The van der Waals surface area contributed by atoms with Crippen molar-refractivity contribution >= 4 is 12.0 Å². The molecular formula is C21H15FO2. The molecule has 0 spiro atoms. The van der Waals surface area contributed by atoms with E-state index in [0.29, 0.717) is 5.75 Å². The van der Waals surface area contributed by atoms with Crippen LogP contribution in [0.4, 0.5) is 4.39 Å². The average molecular weight is 318 g/mol. The summed E-state index contributed by atoms with van der Waals surface area (Å²) < 4.78 is 18.1. The highest BCUT2D eigenvalue weighted by Gasteiger charge is 2.02. The zero-order valence-electron chi connectivity index (χ0n) is 12.9. The molecule has 0 N–H and O–H groups in total. The smallest absolute Gasteiger partial charge is 0.336 e. The number of benzene rings is 3. The first-order valence-electron chi connectivity index (χ1n) is 7.52. The van der Waals surface area contributed by atoms with Crippen LogP contribution in [0.5, 0.6) is 5.75 Å². The van der Waals surface area contributed by atoms with Gasteiger partial charge in [0.1, 0.15) is 11.6 Å². The van der Waals surface area contributed by atoms with Crippen molar-refractivity contribution < 1.29 is 13.9 Å². The molecule has 0 aliphatic heterocycles. The van der Waals surface area contributed by atoms with Gasteiger partial charge in [-0.2, -0.15) is 0 Å². The summed E-state index contributed by atoms with van der Waals surface area (Å²) in [4.78, 5) is 11.8. The van der Waals surface area contributed by atoms with E-state index in [9.17, 15) is 9.18 Å². The topological polar surface area (TPSA) is 26.3 Å². The Morgan fingerprint density at radius 1 is 0.792 bits per heavy atom. The van der Waals surface area contributed by atoms with Gasteiger partial charge >= 0.3 is 5.97 Å². The Balaban J connectivity index is 1.63. The van der Waals surface area contributed by atoms with Gasteiger partial charge in [-0.3, -0.25) is 0 Å². The quantitative estimate of drug-likeness (QED) is 0.379. The molecule has 0 unspecified atom stereocenters. The van der Waals surface area contributed by atoms with Gasteiger partial charge < -0.3 is 4.74 Å². The van der Waals surface area contributed by atoms with E-state index in [0.717, 1.165) is 16.7 Å². The molecule has 3 aromatic carbocycles. The van der Waals surface area contributed by atoms with E-state index < -0.39 is 5.97 Å². The Morgan fingerprint density at radius 3 is 2.08 bits per heavy atom. The Kier molecular flexibility index (Phi) is 4.82. The lowest BCUT2D eigenvalue weighted by Crippen LogP contribution is -2.03. The maximum atomic E-state index is 12.8. The monoisotopic (exact) mass is 318 g/mol. The van der Waals surface area contributed by atoms with E-state index in [1.807, 2.05) is 42.5 Å². The Bertz CT molecular complexity index is 835. The number of ether oxygens (including phenoxy) is 1. The van der Waals surface area contributed by atoms with Gasteiger partial charge in [0, 0.05) is 6.08 Å². The molecule has 0 aliphatic carbocycles. The van der Waals surface area contributed by atoms with Crippen molar-refractivity contribution in [3.8, 4) is 16.9 Å². The molecule has 3 aromatic rings. The second kappa shape index (κ2) is 7.38. The predicted molar refractivity (Wildman–Crippen MR) is 92.9 cm³/mol. The minimum atomic E-state index is -0.480. The molecule has 0 bridgehead atoms. The standard InChI is InChI=1S/C21H15FO2/c22-19-11-6-16(7-12-19)8-15-21(23)24-20-13-9-18(10-14-20)17-4-2-1-3-5-17/h1-15H/b15-8+. The predicted octanol–water partition coefficient (Wildman–Crippen LogP) is 5.11. The van der Waals surface area contributed by atoms with Crippen LogP contribution in [0.2, 0.25) is 0 Å². The number of carbonyl (C=O) groups is 1. The molecule has 118 valence electrons. The summed E-state index contributed by atoms with van der Waals surface area (Å²) >= 11 is 0. The van der Waals surface area contributed by atoms with Crippen molar-refractivity contribution in [3.63, 3.8) is 0 Å². The minimum Gasteiger partial charge on any atom is -0.423 e. The zero-order valence-corrected chi connectivity index (χ0v) is 12.9. The summed E-state index contributed by atoms with van der Waals surface area (Å²) in [7, 11) is 0. The first kappa shape index (κ1) is 15.7. The number of hydrogen-bond acceptors (Lipinski definition) is 2. The summed E-state index contributed by atoms with van der Waals surface area (Å²) in [5, 5.41) is 0. The first-order valence-corrected chi connectivity index (χ1v) is 7.52. The fourth-order valence-electron chi connectivity index (χ4n) is 2.23. The maximum absolute atomic E-state index is 12.8. The van der Waals surface area contributed by atoms with Crippen molar-refractivity contribution in [2.75, 3.05) is 0 Å². The molecule has 2 nitrogen and oxygen atoms in total. The molecule has 0 fully saturated rings. The van der Waals surface area contributed by atoms with Crippen molar-refractivity contribution in [2.24, 2.45) is 0 Å². The highest BCUT2D eigenvalue weighted by molar-refractivity contribution is 5.88. The van der Waals surface area contributed by atoms with Gasteiger partial charge in [0.05, 0.1) is 0 Å². The third-order valence-corrected chi connectivity index (χ3v) is 3.46. The van der Waals surface area contributed by atoms with Gasteiger partial charge in [-0.1, -0.05) is 54.6 Å². The van der Waals surface area contributed by atoms with Crippen LogP contribution in [0.15, 0.2) is 84.9 Å². The van der Waals surface area contributed by atoms with Gasteiger partial charge in [-0.05, 0) is 47.0 Å². The zero-order chi connectivity index (χ0) is 16.8. The van der Waals surface area contributed by atoms with Crippen molar-refractivity contribution in [1.82, 2.24) is 0 Å². The number of carbonyl (C=O) groups excluding carboxylic acids is 1. The number of hydrogen-bond donors (Lipinski definition) is 0.